The summed E-state index contributed by atoms with van der Waals surface area (Å²) in [7, 11) is 1.30. The van der Waals surface area contributed by atoms with Gasteiger partial charge in [-0.15, -0.1) is 0 Å². The van der Waals surface area contributed by atoms with Crippen LogP contribution < -0.4 is 5.32 Å². The second kappa shape index (κ2) is 11.3. The van der Waals surface area contributed by atoms with Gasteiger partial charge in [-0.1, -0.05) is 13.8 Å². The normalized spacial score (nSPS) is 30.7. The highest BCUT2D eigenvalue weighted by Crippen LogP contribution is 2.21. The molecule has 24 heavy (non-hydrogen) atoms. The van der Waals surface area contributed by atoms with Crippen molar-refractivity contribution in [3.05, 3.63) is 0 Å². The molecule has 0 saturated carbocycles. The van der Waals surface area contributed by atoms with Gasteiger partial charge in [-0.25, -0.2) is 0 Å². The van der Waals surface area contributed by atoms with Gasteiger partial charge in [-0.05, 0) is 6.42 Å². The van der Waals surface area contributed by atoms with Gasteiger partial charge < -0.3 is 40.3 Å². The number of ether oxygens (including phenoxy) is 2. The lowest BCUT2D eigenvalue weighted by atomic mass is 9.99. The molecule has 0 spiro atoms. The van der Waals surface area contributed by atoms with Gasteiger partial charge in [0.2, 0.25) is 5.91 Å². The first-order valence-corrected chi connectivity index (χ1v) is 7.52. The first-order chi connectivity index (χ1) is 11.2. The molecule has 0 bridgehead atoms. The zero-order valence-electron chi connectivity index (χ0n) is 14.0. The Labute approximate surface area is 140 Å². The van der Waals surface area contributed by atoms with Crippen molar-refractivity contribution in [3.63, 3.8) is 0 Å². The SMILES string of the molecule is CCC(C)C(=O)NCC(=O)O.COC1O[C@H](CO)[C@@H](O)[C@H](O)[C@H]1O. The Bertz CT molecular complexity index is 372. The Kier molecular flexibility index (Phi) is 10.7. The van der Waals surface area contributed by atoms with Gasteiger partial charge in [-0.3, -0.25) is 9.59 Å². The molecule has 1 rings (SSSR count). The van der Waals surface area contributed by atoms with Crippen LogP contribution in [-0.2, 0) is 19.1 Å². The number of hydrogen-bond donors (Lipinski definition) is 6. The molecule has 6 atom stereocenters. The molecule has 1 aliphatic heterocycles. The van der Waals surface area contributed by atoms with Crippen molar-refractivity contribution in [3.8, 4) is 0 Å². The lowest BCUT2D eigenvalue weighted by Gasteiger charge is -2.38. The molecule has 0 aromatic carbocycles. The van der Waals surface area contributed by atoms with Gasteiger partial charge in [0.15, 0.2) is 6.29 Å². The predicted octanol–water partition coefficient (Wildman–Crippen LogP) is -2.33. The van der Waals surface area contributed by atoms with Crippen LogP contribution in [0, 0.1) is 5.92 Å². The highest BCUT2D eigenvalue weighted by Gasteiger charge is 2.43. The molecule has 2 unspecified atom stereocenters. The van der Waals surface area contributed by atoms with Crippen LogP contribution in [0.5, 0.6) is 0 Å². The molecule has 6 N–H and O–H groups in total. The van der Waals surface area contributed by atoms with Crippen molar-refractivity contribution in [1.82, 2.24) is 5.32 Å². The van der Waals surface area contributed by atoms with Crippen LogP contribution in [0.1, 0.15) is 20.3 Å². The first kappa shape index (κ1) is 22.7. The Morgan fingerprint density at radius 1 is 1.21 bits per heavy atom. The highest BCUT2D eigenvalue weighted by molar-refractivity contribution is 5.82. The summed E-state index contributed by atoms with van der Waals surface area (Å²) in [6.45, 7) is 2.91. The van der Waals surface area contributed by atoms with E-state index in [1.165, 1.54) is 7.11 Å². The molecule has 142 valence electrons. The van der Waals surface area contributed by atoms with E-state index in [1.54, 1.807) is 6.92 Å². The van der Waals surface area contributed by atoms with Gasteiger partial charge in [0.25, 0.3) is 0 Å². The first-order valence-electron chi connectivity index (χ1n) is 7.52. The summed E-state index contributed by atoms with van der Waals surface area (Å²) in [6.07, 6.45) is -5.19. The van der Waals surface area contributed by atoms with E-state index in [0.29, 0.717) is 0 Å². The lowest BCUT2D eigenvalue weighted by Crippen LogP contribution is -2.58. The zero-order chi connectivity index (χ0) is 18.9. The van der Waals surface area contributed by atoms with E-state index < -0.39 is 43.3 Å². The Hall–Kier alpha value is -1.30. The summed E-state index contributed by atoms with van der Waals surface area (Å²) in [4.78, 5) is 20.9. The molecule has 0 radical (unpaired) electrons. The zero-order valence-corrected chi connectivity index (χ0v) is 14.0. The number of aliphatic carboxylic acids is 1. The molecular weight excluding hydrogens is 326 g/mol. The monoisotopic (exact) mass is 353 g/mol. The smallest absolute Gasteiger partial charge is 0.322 e. The van der Waals surface area contributed by atoms with Crippen LogP contribution in [0.15, 0.2) is 0 Å². The van der Waals surface area contributed by atoms with Crippen molar-refractivity contribution in [2.45, 2.75) is 51.0 Å². The molecule has 1 saturated heterocycles. The van der Waals surface area contributed by atoms with Crippen LogP contribution >= 0.6 is 0 Å². The maximum atomic E-state index is 10.9. The van der Waals surface area contributed by atoms with Crippen molar-refractivity contribution < 1.29 is 44.6 Å². The number of hydrogen-bond acceptors (Lipinski definition) is 8. The molecule has 1 aliphatic rings. The van der Waals surface area contributed by atoms with E-state index in [2.05, 4.69) is 5.32 Å². The van der Waals surface area contributed by atoms with Crippen LogP contribution in [0.3, 0.4) is 0 Å². The van der Waals surface area contributed by atoms with E-state index in [4.69, 9.17) is 19.7 Å². The maximum Gasteiger partial charge on any atom is 0.322 e. The fourth-order valence-corrected chi connectivity index (χ4v) is 1.78. The fraction of sp³-hybridized carbons (Fsp3) is 0.857. The number of rotatable bonds is 6. The average molecular weight is 353 g/mol. The number of carbonyl (C=O) groups excluding carboxylic acids is 1. The standard InChI is InChI=1S/C7H13NO3.C7H14O6/c1-3-5(2)7(11)8-4-6(9)10;1-12-7-6(11)5(10)4(9)3(2-8)13-7/h5H,3-4H2,1-2H3,(H,8,11)(H,9,10);3-11H,2H2,1H3/t;3-,4-,5+,6-,7?/m.1/s1. The molecule has 1 heterocycles. The van der Waals surface area contributed by atoms with Gasteiger partial charge in [0, 0.05) is 13.0 Å². The number of methoxy groups -OCH3 is 1. The highest BCUT2D eigenvalue weighted by atomic mass is 16.7. The minimum absolute atomic E-state index is 0.102. The third-order valence-electron chi connectivity index (χ3n) is 3.55. The topological polar surface area (TPSA) is 166 Å². The summed E-state index contributed by atoms with van der Waals surface area (Å²) in [5.41, 5.74) is 0. The number of amides is 1. The molecule has 1 fully saturated rings. The van der Waals surface area contributed by atoms with Crippen molar-refractivity contribution in [2.24, 2.45) is 5.92 Å². The maximum absolute atomic E-state index is 10.9. The Morgan fingerprint density at radius 2 is 1.79 bits per heavy atom. The summed E-state index contributed by atoms with van der Waals surface area (Å²) in [6, 6.07) is 0. The molecule has 0 aromatic heterocycles. The molecule has 0 aliphatic carbocycles. The lowest BCUT2D eigenvalue weighted by molar-refractivity contribution is -0.294. The van der Waals surface area contributed by atoms with Crippen LogP contribution in [0.2, 0.25) is 0 Å². The number of aliphatic hydroxyl groups is 4. The van der Waals surface area contributed by atoms with Crippen molar-refractivity contribution in [2.75, 3.05) is 20.3 Å². The van der Waals surface area contributed by atoms with Gasteiger partial charge in [-0.2, -0.15) is 0 Å². The third kappa shape index (κ3) is 7.07. The second-order valence-electron chi connectivity index (χ2n) is 5.35. The number of carboxylic acids is 1. The Morgan fingerprint density at radius 3 is 2.21 bits per heavy atom. The van der Waals surface area contributed by atoms with Gasteiger partial charge in [0.1, 0.15) is 31.0 Å². The van der Waals surface area contributed by atoms with Crippen LogP contribution in [-0.4, -0.2) is 88.4 Å². The summed E-state index contributed by atoms with van der Waals surface area (Å²) < 4.78 is 9.65. The van der Waals surface area contributed by atoms with Crippen LogP contribution in [0.4, 0.5) is 0 Å². The summed E-state index contributed by atoms with van der Waals surface area (Å²) in [5, 5.41) is 47.1. The second-order valence-corrected chi connectivity index (χ2v) is 5.35. The quantitative estimate of drug-likeness (QED) is 0.307. The number of carboxylic acid groups (broad SMARTS) is 1. The molecule has 10 heteroatoms. The van der Waals surface area contributed by atoms with E-state index in [9.17, 15) is 24.9 Å². The van der Waals surface area contributed by atoms with Crippen molar-refractivity contribution >= 4 is 11.9 Å². The molecular formula is C14H27NO9. The van der Waals surface area contributed by atoms with Crippen LogP contribution in [0.25, 0.3) is 0 Å². The average Bonchev–Trinajstić information content (AvgIpc) is 2.57. The fourth-order valence-electron chi connectivity index (χ4n) is 1.78. The summed E-state index contributed by atoms with van der Waals surface area (Å²) in [5.74, 6) is -1.31. The molecule has 10 nitrogen and oxygen atoms in total. The third-order valence-corrected chi connectivity index (χ3v) is 3.55. The van der Waals surface area contributed by atoms with Gasteiger partial charge in [0.05, 0.1) is 6.61 Å². The molecule has 0 aromatic rings. The minimum Gasteiger partial charge on any atom is -0.480 e. The number of aliphatic hydroxyl groups excluding tert-OH is 4. The largest absolute Gasteiger partial charge is 0.480 e. The summed E-state index contributed by atoms with van der Waals surface area (Å²) >= 11 is 0. The predicted molar refractivity (Wildman–Crippen MR) is 80.9 cm³/mol. The minimum atomic E-state index is -1.36. The van der Waals surface area contributed by atoms with Gasteiger partial charge >= 0.3 is 5.97 Å². The van der Waals surface area contributed by atoms with E-state index in [0.717, 1.165) is 6.42 Å². The van der Waals surface area contributed by atoms with E-state index in [1.807, 2.05) is 6.92 Å². The molecule has 1 amide bonds. The number of carbonyl (C=O) groups is 2. The Balaban J connectivity index is 0.000000449. The van der Waals surface area contributed by atoms with E-state index in [-0.39, 0.29) is 18.4 Å². The number of nitrogens with one attached hydrogen (secondary N) is 1. The van der Waals surface area contributed by atoms with Crippen molar-refractivity contribution in [1.29, 1.82) is 0 Å². The van der Waals surface area contributed by atoms with E-state index >= 15 is 0 Å².